The molecule has 1 aliphatic rings. The molecule has 1 aliphatic carbocycles. The quantitative estimate of drug-likeness (QED) is 0.561. The van der Waals surface area contributed by atoms with E-state index >= 15 is 0 Å². The van der Waals surface area contributed by atoms with Crippen LogP contribution in [-0.4, -0.2) is 30.1 Å². The number of hydrogen-bond acceptors (Lipinski definition) is 4. The summed E-state index contributed by atoms with van der Waals surface area (Å²) in [7, 11) is 0. The number of rotatable bonds is 7. The third-order valence-electron chi connectivity index (χ3n) is 2.91. The van der Waals surface area contributed by atoms with E-state index in [9.17, 15) is 4.79 Å². The normalized spacial score (nSPS) is 15.4. The van der Waals surface area contributed by atoms with Gasteiger partial charge in [-0.05, 0) is 42.2 Å². The van der Waals surface area contributed by atoms with Crippen LogP contribution in [0.4, 0.5) is 0 Å². The molecule has 1 aromatic rings. The predicted octanol–water partition coefficient (Wildman–Crippen LogP) is 2.83. The van der Waals surface area contributed by atoms with Crippen LogP contribution in [0.2, 0.25) is 0 Å². The summed E-state index contributed by atoms with van der Waals surface area (Å²) >= 11 is 1.73. The Bertz CT molecular complexity index is 396. The van der Waals surface area contributed by atoms with Crippen molar-refractivity contribution in [1.29, 1.82) is 0 Å². The van der Waals surface area contributed by atoms with E-state index in [0.717, 1.165) is 13.1 Å². The van der Waals surface area contributed by atoms with Crippen molar-refractivity contribution >= 4 is 17.3 Å². The first-order valence-electron chi connectivity index (χ1n) is 6.38. The van der Waals surface area contributed by atoms with E-state index in [1.54, 1.807) is 11.3 Å². The van der Waals surface area contributed by atoms with Gasteiger partial charge in [0.2, 0.25) is 0 Å². The van der Waals surface area contributed by atoms with Gasteiger partial charge in [0.15, 0.2) is 0 Å². The lowest BCUT2D eigenvalue weighted by Crippen LogP contribution is -2.25. The lowest BCUT2D eigenvalue weighted by Gasteiger charge is -2.19. The summed E-state index contributed by atoms with van der Waals surface area (Å²) < 4.78 is 4.86. The molecule has 0 saturated heterocycles. The zero-order valence-corrected chi connectivity index (χ0v) is 11.5. The molecule has 0 spiro atoms. The van der Waals surface area contributed by atoms with Crippen LogP contribution in [0.1, 0.15) is 25.3 Å². The molecule has 0 bridgehead atoms. The molecule has 1 saturated carbocycles. The average Bonchev–Trinajstić information content (AvgIpc) is 3.07. The second-order valence-corrected chi connectivity index (χ2v) is 5.23. The molecular formula is C14H19NO2S. The number of thiophene rings is 1. The van der Waals surface area contributed by atoms with E-state index in [2.05, 4.69) is 21.7 Å². The van der Waals surface area contributed by atoms with Crippen molar-refractivity contribution in [3.05, 3.63) is 34.5 Å². The van der Waals surface area contributed by atoms with Crippen molar-refractivity contribution in [2.24, 2.45) is 0 Å². The first-order valence-corrected chi connectivity index (χ1v) is 7.32. The van der Waals surface area contributed by atoms with Gasteiger partial charge in [-0.1, -0.05) is 6.08 Å². The molecule has 0 amide bonds. The van der Waals surface area contributed by atoms with Gasteiger partial charge in [-0.15, -0.1) is 0 Å². The van der Waals surface area contributed by atoms with Crippen LogP contribution in [0.15, 0.2) is 29.0 Å². The van der Waals surface area contributed by atoms with Crippen molar-refractivity contribution in [3.63, 3.8) is 0 Å². The summed E-state index contributed by atoms with van der Waals surface area (Å²) in [5.41, 5.74) is 1.36. The maximum absolute atomic E-state index is 11.2. The highest BCUT2D eigenvalue weighted by molar-refractivity contribution is 7.07. The monoisotopic (exact) mass is 265 g/mol. The second kappa shape index (κ2) is 6.71. The van der Waals surface area contributed by atoms with Gasteiger partial charge in [-0.2, -0.15) is 11.3 Å². The Morgan fingerprint density at radius 3 is 3.06 bits per heavy atom. The van der Waals surface area contributed by atoms with Gasteiger partial charge >= 0.3 is 5.97 Å². The third-order valence-corrected chi connectivity index (χ3v) is 3.64. The summed E-state index contributed by atoms with van der Waals surface area (Å²) in [5, 5.41) is 4.29. The van der Waals surface area contributed by atoms with Gasteiger partial charge < -0.3 is 4.74 Å². The predicted molar refractivity (Wildman–Crippen MR) is 73.5 cm³/mol. The fraction of sp³-hybridized carbons (Fsp3) is 0.500. The van der Waals surface area contributed by atoms with Gasteiger partial charge in [0.25, 0.3) is 0 Å². The van der Waals surface area contributed by atoms with Crippen molar-refractivity contribution in [2.45, 2.75) is 32.4 Å². The number of carbonyl (C=O) groups excluding carboxylic acids is 1. The smallest absolute Gasteiger partial charge is 0.330 e. The minimum Gasteiger partial charge on any atom is -0.463 e. The van der Waals surface area contributed by atoms with Gasteiger partial charge in [-0.25, -0.2) is 4.79 Å². The zero-order chi connectivity index (χ0) is 12.8. The molecule has 2 rings (SSSR count). The Hall–Kier alpha value is -1.13. The minimum absolute atomic E-state index is 0.246. The molecule has 0 radical (unpaired) electrons. The highest BCUT2D eigenvalue weighted by Crippen LogP contribution is 2.28. The van der Waals surface area contributed by atoms with Crippen LogP contribution < -0.4 is 0 Å². The van der Waals surface area contributed by atoms with E-state index in [4.69, 9.17) is 4.74 Å². The second-order valence-electron chi connectivity index (χ2n) is 4.45. The minimum atomic E-state index is -0.246. The number of hydrogen-bond donors (Lipinski definition) is 0. The maximum atomic E-state index is 11.2. The van der Waals surface area contributed by atoms with Crippen LogP contribution in [0.25, 0.3) is 0 Å². The van der Waals surface area contributed by atoms with E-state index in [0.29, 0.717) is 12.6 Å². The van der Waals surface area contributed by atoms with Crippen LogP contribution in [0, 0.1) is 0 Å². The first kappa shape index (κ1) is 13.3. The number of carbonyl (C=O) groups is 1. The maximum Gasteiger partial charge on any atom is 0.330 e. The van der Waals surface area contributed by atoms with Crippen molar-refractivity contribution in [1.82, 2.24) is 4.90 Å². The molecule has 1 aromatic heterocycles. The molecule has 1 fully saturated rings. The average molecular weight is 265 g/mol. The lowest BCUT2D eigenvalue weighted by atomic mass is 10.3. The summed E-state index contributed by atoms with van der Waals surface area (Å²) in [4.78, 5) is 13.6. The Kier molecular flexibility index (Phi) is 4.96. The molecule has 98 valence electrons. The van der Waals surface area contributed by atoms with Crippen LogP contribution in [0.3, 0.4) is 0 Å². The molecule has 0 aliphatic heterocycles. The first-order chi connectivity index (χ1) is 8.79. The van der Waals surface area contributed by atoms with Crippen molar-refractivity contribution in [3.8, 4) is 0 Å². The van der Waals surface area contributed by atoms with Gasteiger partial charge in [-0.3, -0.25) is 4.90 Å². The molecule has 0 N–H and O–H groups in total. The van der Waals surface area contributed by atoms with Gasteiger partial charge in [0, 0.05) is 25.2 Å². The Morgan fingerprint density at radius 2 is 2.44 bits per heavy atom. The van der Waals surface area contributed by atoms with Crippen molar-refractivity contribution in [2.75, 3.05) is 13.2 Å². The van der Waals surface area contributed by atoms with Crippen molar-refractivity contribution < 1.29 is 9.53 Å². The zero-order valence-electron chi connectivity index (χ0n) is 10.7. The number of esters is 1. The van der Waals surface area contributed by atoms with E-state index in [1.165, 1.54) is 24.5 Å². The van der Waals surface area contributed by atoms with Gasteiger partial charge in [0.1, 0.15) is 0 Å². The molecule has 0 aromatic carbocycles. The fourth-order valence-electron chi connectivity index (χ4n) is 1.87. The van der Waals surface area contributed by atoms with E-state index in [-0.39, 0.29) is 5.97 Å². The van der Waals surface area contributed by atoms with Crippen LogP contribution in [0.5, 0.6) is 0 Å². The molecule has 18 heavy (non-hydrogen) atoms. The summed E-state index contributed by atoms with van der Waals surface area (Å²) in [5.74, 6) is -0.246. The summed E-state index contributed by atoms with van der Waals surface area (Å²) in [6, 6.07) is 2.85. The Balaban J connectivity index is 1.81. The highest BCUT2D eigenvalue weighted by Gasteiger charge is 2.28. The Morgan fingerprint density at radius 1 is 1.61 bits per heavy atom. The molecule has 1 heterocycles. The van der Waals surface area contributed by atoms with Gasteiger partial charge in [0.05, 0.1) is 6.61 Å². The molecular weight excluding hydrogens is 246 g/mol. The molecule has 3 nitrogen and oxygen atoms in total. The van der Waals surface area contributed by atoms with E-state index in [1.807, 2.05) is 13.0 Å². The lowest BCUT2D eigenvalue weighted by molar-refractivity contribution is -0.137. The number of nitrogens with zero attached hydrogens (tertiary/aromatic N) is 1. The van der Waals surface area contributed by atoms with Crippen LogP contribution >= 0.6 is 11.3 Å². The third kappa shape index (κ3) is 4.27. The van der Waals surface area contributed by atoms with Crippen LogP contribution in [-0.2, 0) is 16.1 Å². The highest BCUT2D eigenvalue weighted by atomic mass is 32.1. The molecule has 4 heteroatoms. The topological polar surface area (TPSA) is 29.5 Å². The molecule has 0 unspecified atom stereocenters. The molecule has 0 atom stereocenters. The van der Waals surface area contributed by atoms with E-state index < -0.39 is 0 Å². The fourth-order valence-corrected chi connectivity index (χ4v) is 2.53. The largest absolute Gasteiger partial charge is 0.463 e. The Labute approximate surface area is 112 Å². The number of ether oxygens (including phenoxy) is 1. The summed E-state index contributed by atoms with van der Waals surface area (Å²) in [6.07, 6.45) is 5.99. The SMILES string of the molecule is CCOC(=O)/C=C/CN(Cc1ccsc1)C1CC1. The summed E-state index contributed by atoms with van der Waals surface area (Å²) in [6.45, 7) is 4.05. The standard InChI is InChI=1S/C14H19NO2S/c1-2-17-14(16)4-3-8-15(13-5-6-13)10-12-7-9-18-11-12/h3-4,7,9,11,13H,2,5-6,8,10H2,1H3/b4-3+.